The molecule has 0 amide bonds. The molecular weight excluding hydrogens is 218 g/mol. The van der Waals surface area contributed by atoms with E-state index in [1.807, 2.05) is 0 Å². The van der Waals surface area contributed by atoms with Crippen LogP contribution >= 0.6 is 0 Å². The van der Waals surface area contributed by atoms with E-state index in [1.165, 1.54) is 51.6 Å². The van der Waals surface area contributed by atoms with Gasteiger partial charge in [-0.15, -0.1) is 0 Å². The Balaban J connectivity index is 1.74. The lowest BCUT2D eigenvalue weighted by Gasteiger charge is -2.19. The zero-order chi connectivity index (χ0) is 13.2. The van der Waals surface area contributed by atoms with Crippen molar-refractivity contribution in [2.75, 3.05) is 13.1 Å². The highest BCUT2D eigenvalue weighted by molar-refractivity contribution is 5.04. The molecule has 0 bridgehead atoms. The first kappa shape index (κ1) is 14.4. The van der Waals surface area contributed by atoms with E-state index in [-0.39, 0.29) is 0 Å². The Morgan fingerprint density at radius 2 is 1.89 bits per heavy atom. The smallest absolute Gasteiger partial charge is 0.00149 e. The summed E-state index contributed by atoms with van der Waals surface area (Å²) in [6, 6.07) is 0. The fourth-order valence-corrected chi connectivity index (χ4v) is 4.00. The first-order valence-electron chi connectivity index (χ1n) is 8.24. The summed E-state index contributed by atoms with van der Waals surface area (Å²) in [4.78, 5) is 0. The Bertz CT molecular complexity index is 258. The molecular formula is C17H33N. The van der Waals surface area contributed by atoms with Crippen molar-refractivity contribution < 1.29 is 0 Å². The van der Waals surface area contributed by atoms with Crippen LogP contribution < -0.4 is 5.32 Å². The molecule has 1 spiro atoms. The van der Waals surface area contributed by atoms with Gasteiger partial charge in [0.1, 0.15) is 0 Å². The quantitative estimate of drug-likeness (QED) is 0.760. The minimum atomic E-state index is 0.771. The van der Waals surface area contributed by atoms with Gasteiger partial charge in [-0.05, 0) is 67.9 Å². The zero-order valence-electron chi connectivity index (χ0n) is 13.0. The summed E-state index contributed by atoms with van der Waals surface area (Å²) in [5, 5.41) is 3.67. The summed E-state index contributed by atoms with van der Waals surface area (Å²) >= 11 is 0. The molecule has 0 heterocycles. The molecule has 18 heavy (non-hydrogen) atoms. The SMILES string of the molecule is CC(C)CNCC1CC12CCCC(C(C)C)CC2. The first-order chi connectivity index (χ1) is 8.53. The molecule has 3 atom stereocenters. The van der Waals surface area contributed by atoms with Crippen molar-refractivity contribution in [2.24, 2.45) is 29.1 Å². The molecule has 1 N–H and O–H groups in total. The molecule has 106 valence electrons. The largest absolute Gasteiger partial charge is 0.316 e. The highest BCUT2D eigenvalue weighted by Gasteiger charge is 2.53. The van der Waals surface area contributed by atoms with Crippen molar-refractivity contribution >= 4 is 0 Å². The molecule has 3 unspecified atom stereocenters. The third-order valence-electron chi connectivity index (χ3n) is 5.51. The third-order valence-corrected chi connectivity index (χ3v) is 5.51. The van der Waals surface area contributed by atoms with E-state index in [2.05, 4.69) is 33.0 Å². The van der Waals surface area contributed by atoms with Crippen molar-refractivity contribution in [2.45, 2.75) is 66.2 Å². The van der Waals surface area contributed by atoms with Crippen molar-refractivity contribution in [1.82, 2.24) is 5.32 Å². The molecule has 0 saturated heterocycles. The summed E-state index contributed by atoms with van der Waals surface area (Å²) in [6.45, 7) is 11.9. The van der Waals surface area contributed by atoms with Gasteiger partial charge in [0, 0.05) is 0 Å². The molecule has 2 aliphatic carbocycles. The Kier molecular flexibility index (Phi) is 4.75. The van der Waals surface area contributed by atoms with Crippen LogP contribution in [0.25, 0.3) is 0 Å². The number of nitrogens with one attached hydrogen (secondary N) is 1. The van der Waals surface area contributed by atoms with Crippen LogP contribution in [0, 0.1) is 29.1 Å². The predicted octanol–water partition coefficient (Wildman–Crippen LogP) is 4.47. The summed E-state index contributed by atoms with van der Waals surface area (Å²) < 4.78 is 0. The third kappa shape index (κ3) is 3.50. The van der Waals surface area contributed by atoms with Crippen molar-refractivity contribution in [1.29, 1.82) is 0 Å². The molecule has 1 nitrogen and oxygen atoms in total. The maximum absolute atomic E-state index is 3.67. The summed E-state index contributed by atoms with van der Waals surface area (Å²) in [7, 11) is 0. The Hall–Kier alpha value is -0.0400. The van der Waals surface area contributed by atoms with Crippen molar-refractivity contribution in [3.05, 3.63) is 0 Å². The molecule has 2 saturated carbocycles. The van der Waals surface area contributed by atoms with Crippen molar-refractivity contribution in [3.8, 4) is 0 Å². The van der Waals surface area contributed by atoms with Gasteiger partial charge in [-0.3, -0.25) is 0 Å². The lowest BCUT2D eigenvalue weighted by atomic mass is 9.87. The van der Waals surface area contributed by atoms with Crippen molar-refractivity contribution in [3.63, 3.8) is 0 Å². The molecule has 2 fully saturated rings. The molecule has 2 rings (SSSR count). The molecule has 0 aromatic heterocycles. The average molecular weight is 251 g/mol. The van der Waals surface area contributed by atoms with Gasteiger partial charge in [-0.2, -0.15) is 0 Å². The second-order valence-electron chi connectivity index (χ2n) is 7.75. The molecule has 0 aliphatic heterocycles. The van der Waals surface area contributed by atoms with Crippen LogP contribution in [0.15, 0.2) is 0 Å². The van der Waals surface area contributed by atoms with E-state index in [0.29, 0.717) is 0 Å². The normalized spacial score (nSPS) is 36.3. The van der Waals surface area contributed by atoms with E-state index in [9.17, 15) is 0 Å². The van der Waals surface area contributed by atoms with Gasteiger partial charge in [0.05, 0.1) is 0 Å². The lowest BCUT2D eigenvalue weighted by Crippen LogP contribution is -2.24. The van der Waals surface area contributed by atoms with E-state index >= 15 is 0 Å². The van der Waals surface area contributed by atoms with Crippen LogP contribution in [0.1, 0.15) is 66.2 Å². The van der Waals surface area contributed by atoms with Crippen LogP contribution in [0.2, 0.25) is 0 Å². The van der Waals surface area contributed by atoms with E-state index in [0.717, 1.165) is 29.1 Å². The van der Waals surface area contributed by atoms with E-state index < -0.39 is 0 Å². The van der Waals surface area contributed by atoms with E-state index in [4.69, 9.17) is 0 Å². The summed E-state index contributed by atoms with van der Waals surface area (Å²) in [5.41, 5.74) is 0.771. The Morgan fingerprint density at radius 1 is 1.11 bits per heavy atom. The van der Waals surface area contributed by atoms with Gasteiger partial charge < -0.3 is 5.32 Å². The second-order valence-corrected chi connectivity index (χ2v) is 7.75. The minimum Gasteiger partial charge on any atom is -0.316 e. The topological polar surface area (TPSA) is 12.0 Å². The van der Waals surface area contributed by atoms with E-state index in [1.54, 1.807) is 0 Å². The van der Waals surface area contributed by atoms with Crippen LogP contribution in [0.4, 0.5) is 0 Å². The fraction of sp³-hybridized carbons (Fsp3) is 1.00. The van der Waals surface area contributed by atoms with Gasteiger partial charge >= 0.3 is 0 Å². The monoisotopic (exact) mass is 251 g/mol. The average Bonchev–Trinajstić information content (AvgIpc) is 3.01. The molecule has 1 heteroatoms. The van der Waals surface area contributed by atoms with Crippen LogP contribution in [-0.2, 0) is 0 Å². The number of rotatable bonds is 5. The summed E-state index contributed by atoms with van der Waals surface area (Å²) in [5.74, 6) is 3.70. The lowest BCUT2D eigenvalue weighted by molar-refractivity contribution is 0.325. The molecule has 0 radical (unpaired) electrons. The number of hydrogen-bond donors (Lipinski definition) is 1. The van der Waals surface area contributed by atoms with Gasteiger partial charge in [-0.25, -0.2) is 0 Å². The van der Waals surface area contributed by atoms with Crippen LogP contribution in [0.5, 0.6) is 0 Å². The first-order valence-corrected chi connectivity index (χ1v) is 8.24. The summed E-state index contributed by atoms with van der Waals surface area (Å²) in [6.07, 6.45) is 9.03. The maximum atomic E-state index is 3.67. The zero-order valence-corrected chi connectivity index (χ0v) is 13.0. The minimum absolute atomic E-state index is 0.771. The highest BCUT2D eigenvalue weighted by atomic mass is 14.9. The number of hydrogen-bond acceptors (Lipinski definition) is 1. The predicted molar refractivity (Wildman–Crippen MR) is 79.7 cm³/mol. The molecule has 2 aliphatic rings. The Morgan fingerprint density at radius 3 is 2.56 bits per heavy atom. The van der Waals surface area contributed by atoms with Gasteiger partial charge in [0.25, 0.3) is 0 Å². The fourth-order valence-electron chi connectivity index (χ4n) is 4.00. The standard InChI is InChI=1S/C17H33N/c1-13(2)11-18-12-16-10-17(16)8-5-6-15(7-9-17)14(3)4/h13-16,18H,5-12H2,1-4H3. The Labute approximate surface area is 114 Å². The highest BCUT2D eigenvalue weighted by Crippen LogP contribution is 2.61. The van der Waals surface area contributed by atoms with Crippen LogP contribution in [0.3, 0.4) is 0 Å². The molecule has 0 aromatic carbocycles. The maximum Gasteiger partial charge on any atom is -0.00149 e. The van der Waals surface area contributed by atoms with Gasteiger partial charge in [-0.1, -0.05) is 40.5 Å². The van der Waals surface area contributed by atoms with Gasteiger partial charge in [0.15, 0.2) is 0 Å². The second kappa shape index (κ2) is 5.94. The van der Waals surface area contributed by atoms with Gasteiger partial charge in [0.2, 0.25) is 0 Å². The molecule has 0 aromatic rings. The van der Waals surface area contributed by atoms with Crippen LogP contribution in [-0.4, -0.2) is 13.1 Å².